The number of fused-ring (bicyclic) bond motifs is 1. The molecule has 0 aliphatic carbocycles. The lowest BCUT2D eigenvalue weighted by Gasteiger charge is -2.29. The van der Waals surface area contributed by atoms with Gasteiger partial charge in [-0.05, 0) is 43.2 Å². The summed E-state index contributed by atoms with van der Waals surface area (Å²) in [4.78, 5) is 42.7. The van der Waals surface area contributed by atoms with Gasteiger partial charge in [-0.1, -0.05) is 17.7 Å². The van der Waals surface area contributed by atoms with Gasteiger partial charge in [-0.25, -0.2) is 9.37 Å². The Morgan fingerprint density at radius 3 is 2.69 bits per heavy atom. The summed E-state index contributed by atoms with van der Waals surface area (Å²) in [6.45, 7) is 2.18. The second-order valence-corrected chi connectivity index (χ2v) is 8.31. The number of carbonyl (C=O) groups excluding carboxylic acids is 3. The molecule has 1 fully saturated rings. The Bertz CT molecular complexity index is 1300. The van der Waals surface area contributed by atoms with Gasteiger partial charge in [-0.2, -0.15) is 0 Å². The monoisotopic (exact) mass is 432 g/mol. The maximum atomic E-state index is 14.6. The molecule has 0 bridgehead atoms. The van der Waals surface area contributed by atoms with Crippen LogP contribution >= 0.6 is 0 Å². The van der Waals surface area contributed by atoms with E-state index in [9.17, 15) is 18.8 Å². The molecule has 8 heteroatoms. The topological polar surface area (TPSA) is 84.3 Å². The van der Waals surface area contributed by atoms with E-state index >= 15 is 0 Å². The predicted octanol–water partition coefficient (Wildman–Crippen LogP) is 2.96. The summed E-state index contributed by atoms with van der Waals surface area (Å²) >= 11 is 0. The average Bonchev–Trinajstić information content (AvgIpc) is 3.29. The number of carbonyl (C=O) groups is 3. The first-order chi connectivity index (χ1) is 15.3. The fourth-order valence-corrected chi connectivity index (χ4v) is 4.50. The fourth-order valence-electron chi connectivity index (χ4n) is 4.50. The first-order valence-electron chi connectivity index (χ1n) is 10.4. The Morgan fingerprint density at radius 2 is 1.91 bits per heavy atom. The highest BCUT2D eigenvalue weighted by atomic mass is 19.1. The van der Waals surface area contributed by atoms with E-state index in [0.717, 1.165) is 16.7 Å². The molecule has 0 spiro atoms. The van der Waals surface area contributed by atoms with E-state index in [1.54, 1.807) is 35.2 Å². The number of nitrogens with zero attached hydrogens (tertiary/aromatic N) is 3. The largest absolute Gasteiger partial charge is 0.333 e. The maximum Gasteiger partial charge on any atom is 0.255 e. The molecule has 3 amide bonds. The van der Waals surface area contributed by atoms with Gasteiger partial charge in [0.25, 0.3) is 5.91 Å². The van der Waals surface area contributed by atoms with Gasteiger partial charge in [-0.15, -0.1) is 0 Å². The number of hydrogen-bond donors (Lipinski definition) is 1. The summed E-state index contributed by atoms with van der Waals surface area (Å²) in [5.41, 5.74) is 4.73. The van der Waals surface area contributed by atoms with Crippen molar-refractivity contribution in [3.63, 3.8) is 0 Å². The van der Waals surface area contributed by atoms with E-state index in [1.807, 2.05) is 20.0 Å². The van der Waals surface area contributed by atoms with E-state index in [4.69, 9.17) is 0 Å². The van der Waals surface area contributed by atoms with Crippen LogP contribution in [0, 0.1) is 12.7 Å². The molecule has 1 aromatic heterocycles. The van der Waals surface area contributed by atoms with Gasteiger partial charge < -0.3 is 9.47 Å². The summed E-state index contributed by atoms with van der Waals surface area (Å²) in [6.07, 6.45) is 2.16. The Hall–Kier alpha value is -3.81. The zero-order valence-electron chi connectivity index (χ0n) is 17.7. The van der Waals surface area contributed by atoms with Crippen LogP contribution in [0.25, 0.3) is 22.5 Å². The number of halogens is 1. The van der Waals surface area contributed by atoms with Gasteiger partial charge in [0.05, 0.1) is 17.7 Å². The quantitative estimate of drug-likeness (QED) is 0.645. The molecule has 1 N–H and O–H groups in total. The molecular weight excluding hydrogens is 411 g/mol. The van der Waals surface area contributed by atoms with Gasteiger partial charge >= 0.3 is 0 Å². The first kappa shape index (κ1) is 20.1. The smallest absolute Gasteiger partial charge is 0.255 e. The third-order valence-electron chi connectivity index (χ3n) is 6.11. The highest BCUT2D eigenvalue weighted by molar-refractivity contribution is 6.05. The molecular formula is C24H21FN4O3. The molecule has 0 saturated carbocycles. The standard InChI is InChI=1S/C24H21FN4O3/c1-13-3-6-18(25)17(9-13)22-21(26-12-28(22)2)14-4-5-16-15(10-14)11-29(24(16)32)19-7-8-20(30)27-23(19)31/h3-6,9-10,12,19H,7-8,11H2,1-2H3,(H,27,30,31). The number of benzene rings is 2. The van der Waals surface area contributed by atoms with Crippen molar-refractivity contribution in [2.75, 3.05) is 0 Å². The second kappa shape index (κ2) is 7.40. The number of imidazole rings is 1. The Kier molecular flexibility index (Phi) is 4.65. The van der Waals surface area contributed by atoms with Crippen LogP contribution in [0.3, 0.4) is 0 Å². The fraction of sp³-hybridized carbons (Fsp3) is 0.250. The van der Waals surface area contributed by atoms with Crippen LogP contribution in [0.15, 0.2) is 42.7 Å². The molecule has 2 aliphatic rings. The third kappa shape index (κ3) is 3.19. The lowest BCUT2D eigenvalue weighted by molar-refractivity contribution is -0.136. The molecule has 3 aromatic rings. The number of aromatic nitrogens is 2. The molecule has 7 nitrogen and oxygen atoms in total. The highest BCUT2D eigenvalue weighted by Gasteiger charge is 2.39. The van der Waals surface area contributed by atoms with Crippen LogP contribution in [0.2, 0.25) is 0 Å². The molecule has 2 aromatic carbocycles. The molecule has 32 heavy (non-hydrogen) atoms. The SMILES string of the molecule is Cc1ccc(F)c(-c2c(-c3ccc4c(c3)CN(C3CCC(=O)NC3=O)C4=O)ncn2C)c1. The number of imide groups is 1. The van der Waals surface area contributed by atoms with Crippen LogP contribution in [-0.4, -0.2) is 38.2 Å². The van der Waals surface area contributed by atoms with E-state index in [1.165, 1.54) is 11.0 Å². The van der Waals surface area contributed by atoms with E-state index in [0.29, 0.717) is 28.9 Å². The van der Waals surface area contributed by atoms with Crippen molar-refractivity contribution in [2.24, 2.45) is 7.05 Å². The molecule has 1 atom stereocenters. The zero-order valence-corrected chi connectivity index (χ0v) is 17.7. The summed E-state index contributed by atoms with van der Waals surface area (Å²) in [6, 6.07) is 9.69. The molecule has 162 valence electrons. The molecule has 0 radical (unpaired) electrons. The molecule has 3 heterocycles. The lowest BCUT2D eigenvalue weighted by Crippen LogP contribution is -2.52. The maximum absolute atomic E-state index is 14.6. The normalized spacial score (nSPS) is 18.2. The highest BCUT2D eigenvalue weighted by Crippen LogP contribution is 2.36. The van der Waals surface area contributed by atoms with Crippen molar-refractivity contribution < 1.29 is 18.8 Å². The van der Waals surface area contributed by atoms with Crippen LogP contribution in [0.5, 0.6) is 0 Å². The van der Waals surface area contributed by atoms with Crippen LogP contribution in [0.4, 0.5) is 4.39 Å². The number of hydrogen-bond acceptors (Lipinski definition) is 4. The van der Waals surface area contributed by atoms with Crippen molar-refractivity contribution in [2.45, 2.75) is 32.4 Å². The van der Waals surface area contributed by atoms with Crippen molar-refractivity contribution in [3.8, 4) is 22.5 Å². The van der Waals surface area contributed by atoms with Crippen molar-refractivity contribution in [3.05, 3.63) is 65.2 Å². The van der Waals surface area contributed by atoms with Crippen molar-refractivity contribution >= 4 is 17.7 Å². The van der Waals surface area contributed by atoms with Gasteiger partial charge in [0.15, 0.2) is 0 Å². The molecule has 1 saturated heterocycles. The van der Waals surface area contributed by atoms with E-state index in [2.05, 4.69) is 10.3 Å². The summed E-state index contributed by atoms with van der Waals surface area (Å²) in [7, 11) is 1.81. The van der Waals surface area contributed by atoms with Gasteiger partial charge in [-0.3, -0.25) is 19.7 Å². The van der Waals surface area contributed by atoms with E-state index in [-0.39, 0.29) is 30.6 Å². The molecule has 2 aliphatic heterocycles. The Balaban J connectivity index is 1.52. The number of nitrogens with one attached hydrogen (secondary N) is 1. The predicted molar refractivity (Wildman–Crippen MR) is 115 cm³/mol. The number of aryl methyl sites for hydroxylation is 2. The van der Waals surface area contributed by atoms with Crippen molar-refractivity contribution in [1.29, 1.82) is 0 Å². The summed E-state index contributed by atoms with van der Waals surface area (Å²) in [5, 5.41) is 2.31. The zero-order chi connectivity index (χ0) is 22.6. The molecule has 5 rings (SSSR count). The summed E-state index contributed by atoms with van der Waals surface area (Å²) in [5.74, 6) is -1.32. The number of amides is 3. The Labute approximate surface area is 183 Å². The minimum atomic E-state index is -0.664. The number of piperidine rings is 1. The van der Waals surface area contributed by atoms with Crippen LogP contribution in [0.1, 0.15) is 34.3 Å². The van der Waals surface area contributed by atoms with E-state index < -0.39 is 11.9 Å². The molecule has 1 unspecified atom stereocenters. The summed E-state index contributed by atoms with van der Waals surface area (Å²) < 4.78 is 16.4. The van der Waals surface area contributed by atoms with Gasteiger partial charge in [0, 0.05) is 36.7 Å². The van der Waals surface area contributed by atoms with Crippen LogP contribution < -0.4 is 5.32 Å². The minimum Gasteiger partial charge on any atom is -0.333 e. The third-order valence-corrected chi connectivity index (χ3v) is 6.11. The number of rotatable bonds is 3. The van der Waals surface area contributed by atoms with Crippen LogP contribution in [-0.2, 0) is 23.2 Å². The first-order valence-corrected chi connectivity index (χ1v) is 10.4. The average molecular weight is 432 g/mol. The van der Waals surface area contributed by atoms with Crippen molar-refractivity contribution in [1.82, 2.24) is 19.8 Å². The minimum absolute atomic E-state index is 0.209. The second-order valence-electron chi connectivity index (χ2n) is 8.31. The van der Waals surface area contributed by atoms with Gasteiger partial charge in [0.2, 0.25) is 11.8 Å². The Morgan fingerprint density at radius 1 is 1.09 bits per heavy atom. The lowest BCUT2D eigenvalue weighted by atomic mass is 9.99. The van der Waals surface area contributed by atoms with Gasteiger partial charge in [0.1, 0.15) is 11.9 Å².